The number of rotatable bonds is 2. The van der Waals surface area contributed by atoms with Crippen molar-refractivity contribution in [2.45, 2.75) is 39.3 Å². The Morgan fingerprint density at radius 2 is 2.00 bits per heavy atom. The first-order chi connectivity index (χ1) is 4.83. The van der Waals surface area contributed by atoms with E-state index in [1.54, 1.807) is 0 Å². The Bertz CT molecular complexity index is 64.9. The van der Waals surface area contributed by atoms with Crippen LogP contribution in [0, 0.1) is 0 Å². The SMILES string of the molecule is CC.CNCC1CC(C)N1. The van der Waals surface area contributed by atoms with Crippen LogP contribution in [-0.2, 0) is 0 Å². The van der Waals surface area contributed by atoms with E-state index in [1.165, 1.54) is 6.42 Å². The van der Waals surface area contributed by atoms with E-state index in [4.69, 9.17) is 0 Å². The smallest absolute Gasteiger partial charge is 0.0209 e. The fourth-order valence-corrected chi connectivity index (χ4v) is 1.19. The van der Waals surface area contributed by atoms with Crippen molar-refractivity contribution in [1.29, 1.82) is 0 Å². The summed E-state index contributed by atoms with van der Waals surface area (Å²) in [4.78, 5) is 0. The van der Waals surface area contributed by atoms with Gasteiger partial charge in [0.2, 0.25) is 0 Å². The molecule has 0 aromatic carbocycles. The zero-order valence-corrected chi connectivity index (χ0v) is 7.57. The minimum atomic E-state index is 0.745. The molecule has 1 saturated heterocycles. The first-order valence-corrected chi connectivity index (χ1v) is 4.23. The molecule has 1 rings (SSSR count). The predicted molar refractivity (Wildman–Crippen MR) is 46.3 cm³/mol. The van der Waals surface area contributed by atoms with Crippen LogP contribution < -0.4 is 10.6 Å². The van der Waals surface area contributed by atoms with Gasteiger partial charge >= 0.3 is 0 Å². The Kier molecular flexibility index (Phi) is 5.64. The molecular formula is C8H20N2. The Balaban J connectivity index is 0.000000371. The normalized spacial score (nSPS) is 30.0. The molecule has 2 atom stereocenters. The van der Waals surface area contributed by atoms with Crippen molar-refractivity contribution in [3.8, 4) is 0 Å². The quantitative estimate of drug-likeness (QED) is 0.604. The summed E-state index contributed by atoms with van der Waals surface area (Å²) >= 11 is 0. The number of likely N-dealkylation sites (N-methyl/N-ethyl adjacent to an activating group) is 1. The van der Waals surface area contributed by atoms with E-state index in [0.717, 1.165) is 18.6 Å². The Morgan fingerprint density at radius 1 is 1.50 bits per heavy atom. The van der Waals surface area contributed by atoms with Gasteiger partial charge in [0, 0.05) is 18.6 Å². The maximum Gasteiger partial charge on any atom is 0.0209 e. The minimum Gasteiger partial charge on any atom is -0.318 e. The van der Waals surface area contributed by atoms with Gasteiger partial charge in [0.15, 0.2) is 0 Å². The molecule has 2 heteroatoms. The van der Waals surface area contributed by atoms with Crippen LogP contribution in [0.3, 0.4) is 0 Å². The van der Waals surface area contributed by atoms with Crippen LogP contribution in [0.25, 0.3) is 0 Å². The second-order valence-electron chi connectivity index (χ2n) is 2.56. The fourth-order valence-electron chi connectivity index (χ4n) is 1.19. The third kappa shape index (κ3) is 3.18. The first-order valence-electron chi connectivity index (χ1n) is 4.23. The van der Waals surface area contributed by atoms with Crippen LogP contribution in [0.15, 0.2) is 0 Å². The van der Waals surface area contributed by atoms with Crippen LogP contribution >= 0.6 is 0 Å². The standard InChI is InChI=1S/C6H14N2.C2H6/c1-5-3-6(8-5)4-7-2;1-2/h5-8H,3-4H2,1-2H3;1-2H3. The van der Waals surface area contributed by atoms with E-state index in [0.29, 0.717) is 0 Å². The van der Waals surface area contributed by atoms with Gasteiger partial charge < -0.3 is 10.6 Å². The highest BCUT2D eigenvalue weighted by atomic mass is 15.1. The molecule has 62 valence electrons. The Morgan fingerprint density at radius 3 is 2.30 bits per heavy atom. The molecule has 0 aliphatic carbocycles. The zero-order chi connectivity index (χ0) is 7.98. The van der Waals surface area contributed by atoms with Crippen molar-refractivity contribution < 1.29 is 0 Å². The summed E-state index contributed by atoms with van der Waals surface area (Å²) in [6.45, 7) is 7.33. The molecule has 0 bridgehead atoms. The van der Waals surface area contributed by atoms with Gasteiger partial charge in [-0.15, -0.1) is 0 Å². The van der Waals surface area contributed by atoms with Gasteiger partial charge in [-0.1, -0.05) is 13.8 Å². The second-order valence-corrected chi connectivity index (χ2v) is 2.56. The van der Waals surface area contributed by atoms with Gasteiger partial charge in [-0.2, -0.15) is 0 Å². The van der Waals surface area contributed by atoms with E-state index < -0.39 is 0 Å². The lowest BCUT2D eigenvalue weighted by atomic mass is 9.99. The third-order valence-electron chi connectivity index (χ3n) is 1.61. The average Bonchev–Trinajstić information content (AvgIpc) is 1.90. The van der Waals surface area contributed by atoms with Crippen LogP contribution in [0.1, 0.15) is 27.2 Å². The molecule has 1 aliphatic heterocycles. The molecule has 1 heterocycles. The predicted octanol–water partition coefficient (Wildman–Crippen LogP) is 0.982. The van der Waals surface area contributed by atoms with Crippen molar-refractivity contribution in [1.82, 2.24) is 10.6 Å². The molecule has 2 unspecified atom stereocenters. The van der Waals surface area contributed by atoms with E-state index in [2.05, 4.69) is 17.6 Å². The topological polar surface area (TPSA) is 24.1 Å². The molecule has 0 saturated carbocycles. The van der Waals surface area contributed by atoms with E-state index in [1.807, 2.05) is 20.9 Å². The Labute approximate surface area is 64.4 Å². The molecule has 2 N–H and O–H groups in total. The van der Waals surface area contributed by atoms with E-state index in [9.17, 15) is 0 Å². The maximum atomic E-state index is 3.38. The van der Waals surface area contributed by atoms with Gasteiger partial charge in [0.05, 0.1) is 0 Å². The zero-order valence-electron chi connectivity index (χ0n) is 7.57. The highest BCUT2D eigenvalue weighted by Crippen LogP contribution is 2.08. The van der Waals surface area contributed by atoms with Gasteiger partial charge in [0.1, 0.15) is 0 Å². The second kappa shape index (κ2) is 5.69. The summed E-state index contributed by atoms with van der Waals surface area (Å²) in [5.41, 5.74) is 0. The third-order valence-corrected chi connectivity index (χ3v) is 1.61. The summed E-state index contributed by atoms with van der Waals surface area (Å²) in [5.74, 6) is 0. The lowest BCUT2D eigenvalue weighted by Crippen LogP contribution is -2.54. The summed E-state index contributed by atoms with van der Waals surface area (Å²) in [7, 11) is 1.99. The summed E-state index contributed by atoms with van der Waals surface area (Å²) in [6.07, 6.45) is 1.33. The van der Waals surface area contributed by atoms with E-state index in [-0.39, 0.29) is 0 Å². The number of hydrogen-bond acceptors (Lipinski definition) is 2. The molecule has 1 fully saturated rings. The summed E-state index contributed by atoms with van der Waals surface area (Å²) < 4.78 is 0. The van der Waals surface area contributed by atoms with Crippen molar-refractivity contribution in [3.63, 3.8) is 0 Å². The summed E-state index contributed by atoms with van der Waals surface area (Å²) in [5, 5.41) is 6.51. The first kappa shape index (κ1) is 9.92. The lowest BCUT2D eigenvalue weighted by Gasteiger charge is -2.34. The lowest BCUT2D eigenvalue weighted by molar-refractivity contribution is 0.277. The van der Waals surface area contributed by atoms with Crippen molar-refractivity contribution in [3.05, 3.63) is 0 Å². The molecule has 0 aromatic rings. The minimum absolute atomic E-state index is 0.745. The fraction of sp³-hybridized carbons (Fsp3) is 1.00. The highest BCUT2D eigenvalue weighted by molar-refractivity contribution is 4.85. The molecule has 0 amide bonds. The summed E-state index contributed by atoms with van der Waals surface area (Å²) in [6, 6.07) is 1.50. The molecule has 2 nitrogen and oxygen atoms in total. The van der Waals surface area contributed by atoms with Crippen molar-refractivity contribution in [2.24, 2.45) is 0 Å². The van der Waals surface area contributed by atoms with E-state index >= 15 is 0 Å². The van der Waals surface area contributed by atoms with Gasteiger partial charge in [-0.05, 0) is 20.4 Å². The van der Waals surface area contributed by atoms with Gasteiger partial charge in [-0.25, -0.2) is 0 Å². The average molecular weight is 144 g/mol. The van der Waals surface area contributed by atoms with Crippen LogP contribution in [-0.4, -0.2) is 25.7 Å². The Hall–Kier alpha value is -0.0800. The van der Waals surface area contributed by atoms with Crippen LogP contribution in [0.4, 0.5) is 0 Å². The number of nitrogens with one attached hydrogen (secondary N) is 2. The van der Waals surface area contributed by atoms with Crippen molar-refractivity contribution in [2.75, 3.05) is 13.6 Å². The monoisotopic (exact) mass is 144 g/mol. The van der Waals surface area contributed by atoms with Gasteiger partial charge in [0.25, 0.3) is 0 Å². The van der Waals surface area contributed by atoms with Crippen molar-refractivity contribution >= 4 is 0 Å². The molecular weight excluding hydrogens is 124 g/mol. The highest BCUT2D eigenvalue weighted by Gasteiger charge is 2.22. The number of hydrogen-bond donors (Lipinski definition) is 2. The van der Waals surface area contributed by atoms with Crippen LogP contribution in [0.2, 0.25) is 0 Å². The molecule has 10 heavy (non-hydrogen) atoms. The largest absolute Gasteiger partial charge is 0.318 e. The van der Waals surface area contributed by atoms with Crippen LogP contribution in [0.5, 0.6) is 0 Å². The molecule has 0 aromatic heterocycles. The molecule has 1 aliphatic rings. The molecule has 0 spiro atoms. The van der Waals surface area contributed by atoms with Gasteiger partial charge in [-0.3, -0.25) is 0 Å². The maximum absolute atomic E-state index is 3.38. The molecule has 0 radical (unpaired) electrons.